The van der Waals surface area contributed by atoms with Crippen molar-refractivity contribution >= 4 is 5.84 Å². The van der Waals surface area contributed by atoms with Crippen LogP contribution in [-0.4, -0.2) is 29.5 Å². The molecule has 2 aliphatic heterocycles. The van der Waals surface area contributed by atoms with E-state index in [2.05, 4.69) is 43.3 Å². The molecular formula is C15H31N3+2. The molecule has 2 rings (SSSR count). The topological polar surface area (TPSA) is 42.6 Å². The fraction of sp³-hybridized carbons (Fsp3) is 0.933. The van der Waals surface area contributed by atoms with Crippen LogP contribution in [-0.2, 0) is 0 Å². The lowest BCUT2D eigenvalue weighted by molar-refractivity contribution is -0.788. The van der Waals surface area contributed by atoms with Gasteiger partial charge in [0.1, 0.15) is 6.04 Å². The molecular weight excluding hydrogens is 222 g/mol. The molecule has 0 radical (unpaired) electrons. The summed E-state index contributed by atoms with van der Waals surface area (Å²) in [5.74, 6) is 1.39. The Labute approximate surface area is 112 Å². The maximum atomic E-state index is 3.79. The number of hydrogen-bond donors (Lipinski definition) is 3. The van der Waals surface area contributed by atoms with Gasteiger partial charge in [-0.3, -0.25) is 10.3 Å². The van der Waals surface area contributed by atoms with Crippen molar-refractivity contribution in [1.82, 2.24) is 5.32 Å². The van der Waals surface area contributed by atoms with Crippen LogP contribution in [0.5, 0.6) is 0 Å². The van der Waals surface area contributed by atoms with Gasteiger partial charge in [-0.2, -0.15) is 0 Å². The molecule has 0 aromatic carbocycles. The van der Waals surface area contributed by atoms with E-state index in [4.69, 9.17) is 0 Å². The number of quaternary nitrogens is 1. The van der Waals surface area contributed by atoms with Gasteiger partial charge in [0.05, 0.1) is 17.6 Å². The molecule has 0 aromatic rings. The monoisotopic (exact) mass is 253 g/mol. The van der Waals surface area contributed by atoms with Crippen LogP contribution in [0.25, 0.3) is 0 Å². The average molecular weight is 253 g/mol. The van der Waals surface area contributed by atoms with Gasteiger partial charge in [-0.15, -0.1) is 0 Å². The lowest BCUT2D eigenvalue weighted by Gasteiger charge is -2.41. The summed E-state index contributed by atoms with van der Waals surface area (Å²) in [4.78, 5) is 3.58. The lowest BCUT2D eigenvalue weighted by Crippen LogP contribution is -3.06. The Morgan fingerprint density at radius 3 is 2.39 bits per heavy atom. The van der Waals surface area contributed by atoms with Gasteiger partial charge in [0.15, 0.2) is 0 Å². The summed E-state index contributed by atoms with van der Waals surface area (Å²) in [7, 11) is 0. The molecule has 0 saturated carbocycles. The van der Waals surface area contributed by atoms with E-state index in [0.29, 0.717) is 17.1 Å². The summed E-state index contributed by atoms with van der Waals surface area (Å²) < 4.78 is 0. The molecule has 18 heavy (non-hydrogen) atoms. The Morgan fingerprint density at radius 2 is 1.72 bits per heavy atom. The minimum absolute atomic E-state index is 0.352. The predicted molar refractivity (Wildman–Crippen MR) is 75.5 cm³/mol. The van der Waals surface area contributed by atoms with Crippen molar-refractivity contribution in [1.29, 1.82) is 0 Å². The fourth-order valence-electron chi connectivity index (χ4n) is 3.92. The van der Waals surface area contributed by atoms with E-state index in [0.717, 1.165) is 6.54 Å². The zero-order valence-corrected chi connectivity index (χ0v) is 12.6. The molecule has 0 unspecified atom stereocenters. The number of nitrogens with one attached hydrogen (secondary N) is 2. The molecule has 1 fully saturated rings. The van der Waals surface area contributed by atoms with Gasteiger partial charge < -0.3 is 5.32 Å². The van der Waals surface area contributed by atoms with E-state index in [-0.39, 0.29) is 0 Å². The van der Waals surface area contributed by atoms with Crippen LogP contribution in [0.3, 0.4) is 0 Å². The first-order valence-corrected chi connectivity index (χ1v) is 7.60. The summed E-state index contributed by atoms with van der Waals surface area (Å²) in [6, 6.07) is 0.626. The first-order chi connectivity index (χ1) is 8.36. The zero-order chi connectivity index (χ0) is 13.2. The number of hydrogen-bond acceptors (Lipinski definition) is 1. The fourth-order valence-corrected chi connectivity index (χ4v) is 3.92. The molecule has 3 nitrogen and oxygen atoms in total. The molecule has 2 heterocycles. The molecule has 0 amide bonds. The second kappa shape index (κ2) is 5.20. The number of amidine groups is 1. The molecule has 1 saturated heterocycles. The molecule has 4 N–H and O–H groups in total. The Balaban J connectivity index is 1.97. The lowest BCUT2D eigenvalue weighted by atomic mass is 9.79. The highest BCUT2D eigenvalue weighted by atomic mass is 15.1. The van der Waals surface area contributed by atoms with Crippen LogP contribution >= 0.6 is 0 Å². The van der Waals surface area contributed by atoms with Crippen molar-refractivity contribution in [2.75, 3.05) is 6.54 Å². The molecule has 2 aliphatic rings. The second-order valence-electron chi connectivity index (χ2n) is 7.59. The normalized spacial score (nSPS) is 28.3. The highest BCUT2D eigenvalue weighted by molar-refractivity contribution is 5.76. The summed E-state index contributed by atoms with van der Waals surface area (Å²) >= 11 is 0. The van der Waals surface area contributed by atoms with Crippen LogP contribution in [0.4, 0.5) is 0 Å². The van der Waals surface area contributed by atoms with E-state index in [1.165, 1.54) is 44.4 Å². The maximum absolute atomic E-state index is 3.79. The smallest absolute Gasteiger partial charge is 0.242 e. The largest absolute Gasteiger partial charge is 0.337 e. The van der Waals surface area contributed by atoms with Crippen molar-refractivity contribution in [3.05, 3.63) is 0 Å². The third-order valence-corrected chi connectivity index (χ3v) is 4.15. The number of piperidine rings is 1. The third-order valence-electron chi connectivity index (χ3n) is 4.15. The van der Waals surface area contributed by atoms with E-state index >= 15 is 0 Å². The Kier molecular flexibility index (Phi) is 4.00. The summed E-state index contributed by atoms with van der Waals surface area (Å²) in [5.41, 5.74) is 0.704. The van der Waals surface area contributed by atoms with E-state index < -0.39 is 0 Å². The van der Waals surface area contributed by atoms with Crippen molar-refractivity contribution in [2.45, 2.75) is 83.3 Å². The highest BCUT2D eigenvalue weighted by Gasteiger charge is 2.43. The average Bonchev–Trinajstić information content (AvgIpc) is 2.40. The summed E-state index contributed by atoms with van der Waals surface area (Å²) in [6.45, 7) is 10.6. The molecule has 0 aromatic heterocycles. The van der Waals surface area contributed by atoms with E-state index in [9.17, 15) is 0 Å². The van der Waals surface area contributed by atoms with Crippen LogP contribution in [0.15, 0.2) is 0 Å². The molecule has 0 spiro atoms. The van der Waals surface area contributed by atoms with Crippen molar-refractivity contribution in [3.63, 3.8) is 0 Å². The zero-order valence-electron chi connectivity index (χ0n) is 12.6. The van der Waals surface area contributed by atoms with Gasteiger partial charge in [-0.1, -0.05) is 0 Å². The Hall–Kier alpha value is -0.570. The minimum Gasteiger partial charge on any atom is -0.337 e. The van der Waals surface area contributed by atoms with Gasteiger partial charge in [0.2, 0.25) is 5.84 Å². The van der Waals surface area contributed by atoms with Gasteiger partial charge >= 0.3 is 0 Å². The van der Waals surface area contributed by atoms with Crippen LogP contribution in [0.2, 0.25) is 0 Å². The summed E-state index contributed by atoms with van der Waals surface area (Å²) in [5, 5.41) is 6.34. The minimum atomic E-state index is 0.352. The van der Waals surface area contributed by atoms with Crippen molar-refractivity contribution in [3.8, 4) is 0 Å². The van der Waals surface area contributed by atoms with Gasteiger partial charge in [0, 0.05) is 19.3 Å². The van der Waals surface area contributed by atoms with E-state index in [1.807, 2.05) is 0 Å². The molecule has 104 valence electrons. The van der Waals surface area contributed by atoms with Crippen LogP contribution < -0.4 is 15.6 Å². The van der Waals surface area contributed by atoms with Gasteiger partial charge in [-0.05, 0) is 47.0 Å². The maximum Gasteiger partial charge on any atom is 0.242 e. The molecule has 0 aliphatic carbocycles. The second-order valence-corrected chi connectivity index (χ2v) is 7.59. The molecule has 0 atom stereocenters. The summed E-state index contributed by atoms with van der Waals surface area (Å²) in [6.07, 6.45) is 7.74. The van der Waals surface area contributed by atoms with Crippen molar-refractivity contribution in [2.24, 2.45) is 0 Å². The van der Waals surface area contributed by atoms with Crippen LogP contribution in [0, 0.1) is 0 Å². The quantitative estimate of drug-likeness (QED) is 0.601. The van der Waals surface area contributed by atoms with Crippen molar-refractivity contribution < 1.29 is 10.3 Å². The van der Waals surface area contributed by atoms with Crippen LogP contribution in [0.1, 0.15) is 66.2 Å². The first-order valence-electron chi connectivity index (χ1n) is 7.60. The Morgan fingerprint density at radius 1 is 1.06 bits per heavy atom. The Bertz CT molecular complexity index is 302. The number of nitrogens with two attached hydrogens (primary N) is 1. The van der Waals surface area contributed by atoms with Gasteiger partial charge in [0.25, 0.3) is 0 Å². The standard InChI is InChI=1S/C15H29N3/c1-14(2)10-12(11-15(3,4)18-14)17-13-8-6-5-7-9-16-13/h12,18H,5-11H2,1-4H3,(H,16,17)/p+2. The molecule has 3 heteroatoms. The first kappa shape index (κ1) is 13.9. The van der Waals surface area contributed by atoms with Gasteiger partial charge in [-0.25, -0.2) is 0 Å². The third kappa shape index (κ3) is 3.98. The SMILES string of the molecule is CC1(C)CC(NC2=[NH+]CCCCC2)CC(C)(C)[NH2+]1. The molecule has 0 bridgehead atoms. The predicted octanol–water partition coefficient (Wildman–Crippen LogP) is -0.0879. The highest BCUT2D eigenvalue weighted by Crippen LogP contribution is 2.21. The van der Waals surface area contributed by atoms with E-state index in [1.54, 1.807) is 0 Å². The number of rotatable bonds is 1.